The lowest BCUT2D eigenvalue weighted by Crippen LogP contribution is -2.46. The number of thioether (sulfide) groups is 1. The lowest BCUT2D eigenvalue weighted by Gasteiger charge is -2.39. The van der Waals surface area contributed by atoms with Crippen LogP contribution in [0.25, 0.3) is 0 Å². The summed E-state index contributed by atoms with van der Waals surface area (Å²) in [6, 6.07) is 12.9. The third kappa shape index (κ3) is 5.75. The first-order valence-electron chi connectivity index (χ1n) is 12.6. The van der Waals surface area contributed by atoms with Crippen molar-refractivity contribution in [2.75, 3.05) is 18.8 Å². The molecule has 0 radical (unpaired) electrons. The molecular formula is C29H39BrN2O2S. The third-order valence-corrected chi connectivity index (χ3v) is 9.15. The highest BCUT2D eigenvalue weighted by Crippen LogP contribution is 2.44. The van der Waals surface area contributed by atoms with Crippen LogP contribution in [-0.4, -0.2) is 45.7 Å². The smallest absolute Gasteiger partial charge is 0.234 e. The number of benzene rings is 2. The van der Waals surface area contributed by atoms with Gasteiger partial charge in [0, 0.05) is 30.1 Å². The number of piperidine rings is 1. The number of aromatic hydroxyl groups is 1. The van der Waals surface area contributed by atoms with Gasteiger partial charge in [0.05, 0.1) is 5.75 Å². The summed E-state index contributed by atoms with van der Waals surface area (Å²) < 4.78 is 1.08. The lowest BCUT2D eigenvalue weighted by atomic mass is 9.78. The highest BCUT2D eigenvalue weighted by molar-refractivity contribution is 9.10. The molecule has 1 N–H and O–H groups in total. The molecule has 0 bridgehead atoms. The molecule has 0 saturated carbocycles. The number of phenolic OH excluding ortho intramolecular Hbond substituents is 1. The van der Waals surface area contributed by atoms with E-state index < -0.39 is 0 Å². The first-order chi connectivity index (χ1) is 16.4. The van der Waals surface area contributed by atoms with Crippen LogP contribution in [0.3, 0.4) is 0 Å². The Morgan fingerprint density at radius 1 is 1.00 bits per heavy atom. The maximum atomic E-state index is 12.9. The molecule has 1 atom stereocenters. The van der Waals surface area contributed by atoms with E-state index >= 15 is 0 Å². The lowest BCUT2D eigenvalue weighted by molar-refractivity contribution is -0.131. The Bertz CT molecular complexity index is 1050. The van der Waals surface area contributed by atoms with Crippen molar-refractivity contribution in [2.24, 2.45) is 0 Å². The average molecular weight is 560 g/mol. The second-order valence-corrected chi connectivity index (χ2v) is 14.0. The van der Waals surface area contributed by atoms with E-state index in [1.54, 1.807) is 11.8 Å². The minimum absolute atomic E-state index is 0.0930. The molecule has 2 fully saturated rings. The van der Waals surface area contributed by atoms with Crippen molar-refractivity contribution >= 4 is 33.6 Å². The molecule has 0 aromatic heterocycles. The van der Waals surface area contributed by atoms with Crippen molar-refractivity contribution in [3.63, 3.8) is 0 Å². The maximum absolute atomic E-state index is 12.9. The molecule has 2 saturated heterocycles. The van der Waals surface area contributed by atoms with Crippen LogP contribution in [0.4, 0.5) is 0 Å². The van der Waals surface area contributed by atoms with E-state index in [0.29, 0.717) is 11.5 Å². The summed E-state index contributed by atoms with van der Waals surface area (Å²) in [5.74, 6) is 1.26. The van der Waals surface area contributed by atoms with Crippen LogP contribution in [0.1, 0.15) is 82.0 Å². The Labute approximate surface area is 223 Å². The van der Waals surface area contributed by atoms with Crippen molar-refractivity contribution in [2.45, 2.75) is 83.2 Å². The van der Waals surface area contributed by atoms with E-state index in [-0.39, 0.29) is 28.2 Å². The first kappa shape index (κ1) is 26.6. The number of hydrogen-bond donors (Lipinski definition) is 1. The fourth-order valence-electron chi connectivity index (χ4n) is 5.29. The maximum Gasteiger partial charge on any atom is 0.234 e. The van der Waals surface area contributed by atoms with Gasteiger partial charge in [-0.05, 0) is 52.0 Å². The fourth-order valence-corrected chi connectivity index (χ4v) is 7.23. The van der Waals surface area contributed by atoms with Gasteiger partial charge in [0.15, 0.2) is 0 Å². The number of nitrogens with zero attached hydrogens (tertiary/aromatic N) is 2. The molecule has 2 aromatic rings. The highest BCUT2D eigenvalue weighted by Gasteiger charge is 2.39. The van der Waals surface area contributed by atoms with Crippen LogP contribution in [0.5, 0.6) is 5.75 Å². The second kappa shape index (κ2) is 10.1. The molecule has 35 heavy (non-hydrogen) atoms. The van der Waals surface area contributed by atoms with E-state index in [9.17, 15) is 9.90 Å². The van der Waals surface area contributed by atoms with E-state index in [4.69, 9.17) is 0 Å². The van der Waals surface area contributed by atoms with Crippen LogP contribution >= 0.6 is 27.7 Å². The number of halogens is 1. The fraction of sp³-hybridized carbons (Fsp3) is 0.552. The largest absolute Gasteiger partial charge is 0.507 e. The molecule has 4 nitrogen and oxygen atoms in total. The van der Waals surface area contributed by atoms with Crippen molar-refractivity contribution in [1.29, 1.82) is 0 Å². The summed E-state index contributed by atoms with van der Waals surface area (Å²) >= 11 is 5.43. The van der Waals surface area contributed by atoms with E-state index in [0.717, 1.165) is 48.1 Å². The van der Waals surface area contributed by atoms with Gasteiger partial charge in [0.2, 0.25) is 5.91 Å². The van der Waals surface area contributed by atoms with Crippen LogP contribution in [-0.2, 0) is 22.2 Å². The molecule has 6 heteroatoms. The van der Waals surface area contributed by atoms with Gasteiger partial charge in [0.25, 0.3) is 0 Å². The third-order valence-electron chi connectivity index (χ3n) is 7.22. The van der Waals surface area contributed by atoms with E-state index in [2.05, 4.69) is 97.6 Å². The topological polar surface area (TPSA) is 43.8 Å². The van der Waals surface area contributed by atoms with Crippen LogP contribution in [0.2, 0.25) is 0 Å². The predicted molar refractivity (Wildman–Crippen MR) is 150 cm³/mol. The number of phenols is 1. The predicted octanol–water partition coefficient (Wildman–Crippen LogP) is 6.99. The van der Waals surface area contributed by atoms with Gasteiger partial charge in [-0.15, -0.1) is 11.8 Å². The number of carbonyl (C=O) groups is 1. The van der Waals surface area contributed by atoms with Crippen molar-refractivity contribution < 1.29 is 9.90 Å². The molecule has 2 heterocycles. The van der Waals surface area contributed by atoms with Crippen LogP contribution in [0, 0.1) is 0 Å². The van der Waals surface area contributed by atoms with Gasteiger partial charge in [-0.25, -0.2) is 0 Å². The number of carbonyl (C=O) groups excluding carboxylic acids is 1. The second-order valence-electron chi connectivity index (χ2n) is 12.0. The van der Waals surface area contributed by atoms with Gasteiger partial charge in [-0.3, -0.25) is 9.69 Å². The molecule has 1 amide bonds. The number of rotatable bonds is 4. The summed E-state index contributed by atoms with van der Waals surface area (Å²) in [5, 5.41) is 11.1. The minimum atomic E-state index is -0.123. The number of hydrogen-bond acceptors (Lipinski definition) is 4. The average Bonchev–Trinajstić information content (AvgIpc) is 3.15. The van der Waals surface area contributed by atoms with Crippen LogP contribution < -0.4 is 0 Å². The van der Waals surface area contributed by atoms with Crippen molar-refractivity contribution in [1.82, 2.24) is 9.80 Å². The molecule has 1 unspecified atom stereocenters. The summed E-state index contributed by atoms with van der Waals surface area (Å²) in [6.45, 7) is 15.8. The quantitative estimate of drug-likeness (QED) is 0.439. The minimum Gasteiger partial charge on any atom is -0.507 e. The molecule has 4 rings (SSSR count). The highest BCUT2D eigenvalue weighted by atomic mass is 79.9. The molecular weight excluding hydrogens is 520 g/mol. The zero-order valence-corrected chi connectivity index (χ0v) is 24.3. The van der Waals surface area contributed by atoms with Crippen molar-refractivity contribution in [3.8, 4) is 5.75 Å². The summed E-state index contributed by atoms with van der Waals surface area (Å²) in [4.78, 5) is 17.5. The van der Waals surface area contributed by atoms with Crippen molar-refractivity contribution in [3.05, 3.63) is 63.1 Å². The first-order valence-corrected chi connectivity index (χ1v) is 14.5. The van der Waals surface area contributed by atoms with Crippen LogP contribution in [0.15, 0.2) is 40.9 Å². The zero-order valence-electron chi connectivity index (χ0n) is 21.9. The summed E-state index contributed by atoms with van der Waals surface area (Å²) in [7, 11) is 0. The molecule has 2 aromatic carbocycles. The Morgan fingerprint density at radius 3 is 2.11 bits per heavy atom. The van der Waals surface area contributed by atoms with Gasteiger partial charge >= 0.3 is 0 Å². The van der Waals surface area contributed by atoms with E-state index in [1.165, 1.54) is 11.1 Å². The standard InChI is InChI=1S/C29H39BrN2O2S/c1-28(2,3)22-15-19(16-23(26(22)34)29(4,5)6)17-31-13-11-20(12-14-31)32-25(33)18-35-27(32)21-9-7-8-10-24(21)30/h7-10,15-16,20,27,34H,11-14,17-18H2,1-6H3. The van der Waals surface area contributed by atoms with Gasteiger partial charge in [-0.2, -0.15) is 0 Å². The van der Waals surface area contributed by atoms with E-state index in [1.807, 2.05) is 6.07 Å². The normalized spacial score (nSPS) is 20.6. The Morgan fingerprint density at radius 2 is 1.57 bits per heavy atom. The molecule has 0 aliphatic carbocycles. The van der Waals surface area contributed by atoms with Gasteiger partial charge < -0.3 is 10.0 Å². The molecule has 0 spiro atoms. The molecule has 2 aliphatic rings. The summed E-state index contributed by atoms with van der Waals surface area (Å²) in [5.41, 5.74) is 4.24. The zero-order chi connectivity index (χ0) is 25.5. The number of amides is 1. The number of likely N-dealkylation sites (tertiary alicyclic amines) is 1. The Balaban J connectivity index is 1.49. The monoisotopic (exact) mass is 558 g/mol. The van der Waals surface area contributed by atoms with Gasteiger partial charge in [-0.1, -0.05) is 87.8 Å². The molecule has 190 valence electrons. The SMILES string of the molecule is CC(C)(C)c1cc(CN2CCC(N3C(=O)CSC3c3ccccc3Br)CC2)cc(C(C)(C)C)c1O. The van der Waals surface area contributed by atoms with Gasteiger partial charge in [0.1, 0.15) is 11.1 Å². The Hall–Kier alpha value is -1.50. The molecule has 2 aliphatic heterocycles. The Kier molecular flexibility index (Phi) is 7.67. The summed E-state index contributed by atoms with van der Waals surface area (Å²) in [6.07, 6.45) is 1.98.